The Morgan fingerprint density at radius 1 is 1.00 bits per heavy atom. The highest BCUT2D eigenvalue weighted by Gasteiger charge is 2.27. The smallest absolute Gasteiger partial charge is 0.115 e. The Labute approximate surface area is 187 Å². The summed E-state index contributed by atoms with van der Waals surface area (Å²) in [6.45, 7) is 15.2. The van der Waals surface area contributed by atoms with Crippen molar-refractivity contribution >= 4 is 0 Å². The second-order valence-electron chi connectivity index (χ2n) is 8.66. The summed E-state index contributed by atoms with van der Waals surface area (Å²) in [5, 5.41) is 18.9. The van der Waals surface area contributed by atoms with Crippen LogP contribution in [0.3, 0.4) is 0 Å². The molecular formula is C26H37N3O2. The van der Waals surface area contributed by atoms with Crippen LogP contribution in [0.2, 0.25) is 0 Å². The number of likely N-dealkylation sites (tertiary alicyclic amines) is 1. The van der Waals surface area contributed by atoms with Gasteiger partial charge in [0.15, 0.2) is 0 Å². The molecule has 0 spiro atoms. The van der Waals surface area contributed by atoms with E-state index in [0.29, 0.717) is 17.6 Å². The predicted molar refractivity (Wildman–Crippen MR) is 128 cm³/mol. The molecule has 5 nitrogen and oxygen atoms in total. The predicted octanol–water partition coefficient (Wildman–Crippen LogP) is 4.45. The van der Waals surface area contributed by atoms with Gasteiger partial charge in [-0.2, -0.15) is 0 Å². The Morgan fingerprint density at radius 2 is 1.65 bits per heavy atom. The highest BCUT2D eigenvalue weighted by atomic mass is 16.3. The number of aromatic hydroxyl groups is 1. The Hall–Kier alpha value is -2.50. The van der Waals surface area contributed by atoms with Crippen LogP contribution in [-0.4, -0.2) is 70.2 Å². The van der Waals surface area contributed by atoms with Crippen LogP contribution in [0.5, 0.6) is 5.75 Å². The molecule has 31 heavy (non-hydrogen) atoms. The number of benzene rings is 1. The molecule has 0 amide bonds. The van der Waals surface area contributed by atoms with E-state index in [0.717, 1.165) is 51.4 Å². The number of hydrogen-bond acceptors (Lipinski definition) is 5. The number of phenols is 1. The zero-order valence-electron chi connectivity index (χ0n) is 19.0. The number of phenolic OH excluding ortho intramolecular Hbond substituents is 1. The minimum atomic E-state index is 0.292. The minimum Gasteiger partial charge on any atom is -0.513 e. The van der Waals surface area contributed by atoms with E-state index in [2.05, 4.69) is 34.3 Å². The van der Waals surface area contributed by atoms with Gasteiger partial charge in [-0.05, 0) is 75.2 Å². The molecule has 1 aromatic rings. The van der Waals surface area contributed by atoms with Crippen LogP contribution in [0.4, 0.5) is 0 Å². The van der Waals surface area contributed by atoms with Gasteiger partial charge in [0.05, 0.1) is 5.76 Å². The molecule has 2 aliphatic heterocycles. The van der Waals surface area contributed by atoms with Gasteiger partial charge in [-0.25, -0.2) is 0 Å². The molecule has 2 saturated heterocycles. The summed E-state index contributed by atoms with van der Waals surface area (Å²) >= 11 is 0. The maximum Gasteiger partial charge on any atom is 0.115 e. The molecule has 0 radical (unpaired) electrons. The number of rotatable bonds is 7. The highest BCUT2D eigenvalue weighted by molar-refractivity contribution is 5.34. The van der Waals surface area contributed by atoms with Crippen molar-refractivity contribution in [1.29, 1.82) is 0 Å². The average Bonchev–Trinajstić information content (AvgIpc) is 2.78. The van der Waals surface area contributed by atoms with Crippen molar-refractivity contribution in [2.24, 2.45) is 0 Å². The van der Waals surface area contributed by atoms with E-state index in [1.165, 1.54) is 24.1 Å². The van der Waals surface area contributed by atoms with Crippen LogP contribution in [0.15, 0.2) is 72.2 Å². The molecule has 2 aliphatic rings. The first kappa shape index (κ1) is 23.2. The van der Waals surface area contributed by atoms with Crippen LogP contribution in [-0.2, 0) is 6.54 Å². The quantitative estimate of drug-likeness (QED) is 0.501. The summed E-state index contributed by atoms with van der Waals surface area (Å²) in [7, 11) is 0. The van der Waals surface area contributed by atoms with Crippen molar-refractivity contribution in [3.8, 4) is 5.75 Å². The molecule has 0 atom stereocenters. The van der Waals surface area contributed by atoms with E-state index < -0.39 is 0 Å². The first-order valence-electron chi connectivity index (χ1n) is 11.3. The van der Waals surface area contributed by atoms with Crippen molar-refractivity contribution in [3.63, 3.8) is 0 Å². The van der Waals surface area contributed by atoms with Gasteiger partial charge in [0, 0.05) is 44.5 Å². The number of aliphatic hydroxyl groups excluding tert-OH is 1. The van der Waals surface area contributed by atoms with Gasteiger partial charge >= 0.3 is 0 Å². The summed E-state index contributed by atoms with van der Waals surface area (Å²) in [4.78, 5) is 7.64. The minimum absolute atomic E-state index is 0.292. The number of hydrogen-bond donors (Lipinski definition) is 2. The first-order chi connectivity index (χ1) is 14.9. The molecule has 168 valence electrons. The van der Waals surface area contributed by atoms with Crippen LogP contribution in [0.25, 0.3) is 0 Å². The lowest BCUT2D eigenvalue weighted by Crippen LogP contribution is -2.52. The number of nitrogens with zero attached hydrogens (tertiary/aromatic N) is 3. The van der Waals surface area contributed by atoms with Crippen LogP contribution in [0.1, 0.15) is 32.3 Å². The monoisotopic (exact) mass is 423 g/mol. The molecule has 2 heterocycles. The number of aliphatic hydroxyl groups is 1. The number of piperidine rings is 1. The van der Waals surface area contributed by atoms with E-state index in [-0.39, 0.29) is 0 Å². The Balaban J connectivity index is 1.44. The molecule has 3 rings (SSSR count). The third-order valence-corrected chi connectivity index (χ3v) is 6.36. The first-order valence-corrected chi connectivity index (χ1v) is 11.3. The van der Waals surface area contributed by atoms with E-state index >= 15 is 0 Å². The second kappa shape index (κ2) is 11.2. The molecule has 0 aliphatic carbocycles. The fourth-order valence-corrected chi connectivity index (χ4v) is 4.48. The van der Waals surface area contributed by atoms with E-state index in [9.17, 15) is 10.2 Å². The van der Waals surface area contributed by atoms with Crippen LogP contribution >= 0.6 is 0 Å². The molecule has 0 saturated carbocycles. The zero-order valence-corrected chi connectivity index (χ0v) is 19.0. The lowest BCUT2D eigenvalue weighted by molar-refractivity contribution is 0.0678. The number of allylic oxidation sites excluding steroid dienone is 7. The van der Waals surface area contributed by atoms with Gasteiger partial charge in [-0.1, -0.05) is 30.9 Å². The van der Waals surface area contributed by atoms with Crippen LogP contribution < -0.4 is 0 Å². The molecule has 1 aromatic carbocycles. The summed E-state index contributed by atoms with van der Waals surface area (Å²) < 4.78 is 0. The topological polar surface area (TPSA) is 50.2 Å². The van der Waals surface area contributed by atoms with Gasteiger partial charge in [0.1, 0.15) is 5.75 Å². The maximum atomic E-state index is 9.45. The van der Waals surface area contributed by atoms with Gasteiger partial charge in [0.25, 0.3) is 0 Å². The third kappa shape index (κ3) is 7.01. The van der Waals surface area contributed by atoms with Crippen molar-refractivity contribution in [2.45, 2.75) is 39.3 Å². The fraction of sp³-hybridized carbons (Fsp3) is 0.462. The lowest BCUT2D eigenvalue weighted by atomic mass is 10.0. The van der Waals surface area contributed by atoms with Crippen molar-refractivity contribution in [1.82, 2.24) is 14.7 Å². The molecule has 2 fully saturated rings. The van der Waals surface area contributed by atoms with Crippen molar-refractivity contribution < 1.29 is 10.2 Å². The van der Waals surface area contributed by atoms with Gasteiger partial charge in [0.2, 0.25) is 0 Å². The standard InChI is InChI=1S/C26H37N3O2/c1-4-23(19-22(3)30)6-5-21(2)28-15-17-29(18-16-28)25-11-13-27(14-12-25)20-24-7-9-26(31)10-8-24/h4-10,19,25,30-31H,1,11-18,20H2,2-3H3/b21-5+,22-19+,23-6-. The normalized spacial score (nSPS) is 20.8. The van der Waals surface area contributed by atoms with E-state index in [1.54, 1.807) is 31.2 Å². The lowest BCUT2D eigenvalue weighted by Gasteiger charge is -2.43. The molecule has 0 aromatic heterocycles. The molecule has 5 heteroatoms. The Morgan fingerprint density at radius 3 is 2.23 bits per heavy atom. The maximum absolute atomic E-state index is 9.45. The van der Waals surface area contributed by atoms with Crippen molar-refractivity contribution in [2.75, 3.05) is 39.3 Å². The summed E-state index contributed by atoms with van der Waals surface area (Å²) in [6.07, 6.45) is 10.1. The molecular weight excluding hydrogens is 386 g/mol. The summed E-state index contributed by atoms with van der Waals surface area (Å²) in [5.41, 5.74) is 3.44. The molecule has 0 bridgehead atoms. The number of piperazine rings is 1. The molecule has 2 N–H and O–H groups in total. The van der Waals surface area contributed by atoms with E-state index in [4.69, 9.17) is 0 Å². The third-order valence-electron chi connectivity index (χ3n) is 6.36. The van der Waals surface area contributed by atoms with Crippen molar-refractivity contribution in [3.05, 3.63) is 77.7 Å². The van der Waals surface area contributed by atoms with Gasteiger partial charge in [-0.3, -0.25) is 9.80 Å². The van der Waals surface area contributed by atoms with E-state index in [1.807, 2.05) is 18.2 Å². The highest BCUT2D eigenvalue weighted by Crippen LogP contribution is 2.21. The largest absolute Gasteiger partial charge is 0.513 e. The van der Waals surface area contributed by atoms with Gasteiger partial charge < -0.3 is 15.1 Å². The second-order valence-corrected chi connectivity index (χ2v) is 8.66. The van der Waals surface area contributed by atoms with Crippen LogP contribution in [0, 0.1) is 0 Å². The zero-order chi connectivity index (χ0) is 22.2. The van der Waals surface area contributed by atoms with Gasteiger partial charge in [-0.15, -0.1) is 0 Å². The Bertz CT molecular complexity index is 806. The molecule has 0 unspecified atom stereocenters. The fourth-order valence-electron chi connectivity index (χ4n) is 4.48. The summed E-state index contributed by atoms with van der Waals surface area (Å²) in [5.74, 6) is 0.626. The Kier molecular flexibility index (Phi) is 8.38. The summed E-state index contributed by atoms with van der Waals surface area (Å²) in [6, 6.07) is 8.27. The average molecular weight is 424 g/mol. The SMILES string of the molecule is C=CC(=C/C=C(\C)N1CCN(C2CCN(Cc3ccc(O)cc3)CC2)CC1)/C=C(\C)O.